The topological polar surface area (TPSA) is 71.1 Å². The Morgan fingerprint density at radius 2 is 1.62 bits per heavy atom. The molecule has 0 aromatic heterocycles. The average molecular weight is 526 g/mol. The minimum atomic E-state index is -0.620. The summed E-state index contributed by atoms with van der Waals surface area (Å²) in [5.74, 6) is -0.839. The second-order valence-electron chi connectivity index (χ2n) is 10.0. The molecule has 3 saturated heterocycles. The van der Waals surface area contributed by atoms with Crippen molar-refractivity contribution < 1.29 is 19.1 Å². The monoisotopic (exact) mass is 525 g/mol. The predicted octanol–water partition coefficient (Wildman–Crippen LogP) is 3.01. The van der Waals surface area contributed by atoms with Crippen LogP contribution in [0.15, 0.2) is 53.0 Å². The first kappa shape index (κ1) is 22.4. The Bertz CT molecular complexity index is 1100. The molecule has 7 nitrogen and oxygen atoms in total. The average Bonchev–Trinajstić information content (AvgIpc) is 3.22. The molecular formula is C26H28BrN3O4. The fourth-order valence-electron chi connectivity index (χ4n) is 6.09. The van der Waals surface area contributed by atoms with E-state index in [0.29, 0.717) is 24.2 Å². The number of halogens is 1. The summed E-state index contributed by atoms with van der Waals surface area (Å²) >= 11 is 3.54. The van der Waals surface area contributed by atoms with Gasteiger partial charge in [0, 0.05) is 48.7 Å². The number of hydrogen-bond acceptors (Lipinski definition) is 6. The number of imide groups is 1. The highest BCUT2D eigenvalue weighted by Gasteiger charge is 2.54. The number of nitrogens with one attached hydrogen (secondary N) is 1. The third-order valence-corrected chi connectivity index (χ3v) is 8.09. The zero-order chi connectivity index (χ0) is 23.6. The molecule has 4 heterocycles. The molecule has 5 atom stereocenters. The van der Waals surface area contributed by atoms with E-state index in [1.54, 1.807) is 24.3 Å². The number of ether oxygens (including phenoxy) is 2. The molecule has 8 heteroatoms. The molecule has 4 aliphatic heterocycles. The van der Waals surface area contributed by atoms with Gasteiger partial charge in [-0.3, -0.25) is 19.4 Å². The van der Waals surface area contributed by atoms with E-state index >= 15 is 0 Å². The molecule has 0 unspecified atom stereocenters. The van der Waals surface area contributed by atoms with Crippen LogP contribution in [-0.2, 0) is 9.47 Å². The number of rotatable bonds is 3. The van der Waals surface area contributed by atoms with Gasteiger partial charge in [-0.05, 0) is 43.7 Å². The highest BCUT2D eigenvalue weighted by molar-refractivity contribution is 9.10. The summed E-state index contributed by atoms with van der Waals surface area (Å²) in [7, 11) is 0. The van der Waals surface area contributed by atoms with Crippen LogP contribution in [0.2, 0.25) is 0 Å². The van der Waals surface area contributed by atoms with E-state index in [1.165, 1.54) is 10.5 Å². The number of carbonyl (C=O) groups excluding carboxylic acids is 2. The molecule has 2 amide bonds. The first-order valence-electron chi connectivity index (χ1n) is 11.9. The molecule has 2 aromatic rings. The highest BCUT2D eigenvalue weighted by atomic mass is 79.9. The third-order valence-electron chi connectivity index (χ3n) is 7.56. The fraction of sp³-hybridized carbons (Fsp3) is 0.462. The van der Waals surface area contributed by atoms with E-state index in [9.17, 15) is 9.59 Å². The lowest BCUT2D eigenvalue weighted by atomic mass is 9.73. The predicted molar refractivity (Wildman–Crippen MR) is 130 cm³/mol. The van der Waals surface area contributed by atoms with E-state index in [0.717, 1.165) is 17.6 Å². The minimum Gasteiger partial charge on any atom is -0.343 e. The van der Waals surface area contributed by atoms with Gasteiger partial charge in [0.25, 0.3) is 11.8 Å². The van der Waals surface area contributed by atoms with Gasteiger partial charge in [-0.2, -0.15) is 0 Å². The second-order valence-corrected chi connectivity index (χ2v) is 11.0. The summed E-state index contributed by atoms with van der Waals surface area (Å²) in [5.41, 5.74) is 2.20. The van der Waals surface area contributed by atoms with Crippen molar-refractivity contribution in [3.8, 4) is 0 Å². The molecule has 0 saturated carbocycles. The molecule has 1 N–H and O–H groups in total. The van der Waals surface area contributed by atoms with Crippen LogP contribution in [0.25, 0.3) is 0 Å². The maximum Gasteiger partial charge on any atom is 0.261 e. The van der Waals surface area contributed by atoms with Crippen molar-refractivity contribution in [1.82, 2.24) is 15.1 Å². The van der Waals surface area contributed by atoms with Crippen LogP contribution in [0.3, 0.4) is 0 Å². The third kappa shape index (κ3) is 3.63. The maximum atomic E-state index is 13.1. The first-order chi connectivity index (χ1) is 16.3. The number of nitrogens with zero attached hydrogens (tertiary/aromatic N) is 2. The Kier molecular flexibility index (Phi) is 5.42. The van der Waals surface area contributed by atoms with Crippen LogP contribution in [0.4, 0.5) is 0 Å². The standard InChI is InChI=1S/C26H28BrN3O4/c1-26(2)33-21-12-28-11-19-23(15-7-9-16(27)10-8-15)20(29(19)14-22(21)34-26)13-30-24(31)17-5-3-4-6-18(17)25(30)32/h3-10,19-23,28H,11-14H2,1-2H3/t19-,20+,21+,22-,23+/m0/s1. The molecule has 4 aliphatic rings. The first-order valence-corrected chi connectivity index (χ1v) is 12.6. The van der Waals surface area contributed by atoms with Crippen LogP contribution in [0, 0.1) is 0 Å². The van der Waals surface area contributed by atoms with Gasteiger partial charge in [0.2, 0.25) is 0 Å². The lowest BCUT2D eigenvalue weighted by Gasteiger charge is -2.58. The van der Waals surface area contributed by atoms with Crippen molar-refractivity contribution >= 4 is 27.7 Å². The number of fused-ring (bicyclic) bond motifs is 3. The van der Waals surface area contributed by atoms with Gasteiger partial charge in [-0.25, -0.2) is 0 Å². The molecule has 34 heavy (non-hydrogen) atoms. The summed E-state index contributed by atoms with van der Waals surface area (Å²) in [6, 6.07) is 15.7. The lowest BCUT2D eigenvalue weighted by Crippen LogP contribution is -2.71. The van der Waals surface area contributed by atoms with E-state index in [2.05, 4.69) is 50.4 Å². The second kappa shape index (κ2) is 8.24. The van der Waals surface area contributed by atoms with Gasteiger partial charge in [0.1, 0.15) is 12.2 Å². The molecular weight excluding hydrogens is 498 g/mol. The number of benzene rings is 2. The quantitative estimate of drug-likeness (QED) is 0.621. The fourth-order valence-corrected chi connectivity index (χ4v) is 6.35. The summed E-state index contributed by atoms with van der Waals surface area (Å²) in [6.07, 6.45) is -0.0940. The summed E-state index contributed by atoms with van der Waals surface area (Å²) in [5, 5.41) is 3.58. The summed E-state index contributed by atoms with van der Waals surface area (Å²) in [4.78, 5) is 30.1. The highest BCUT2D eigenvalue weighted by Crippen LogP contribution is 2.44. The molecule has 3 fully saturated rings. The zero-order valence-corrected chi connectivity index (χ0v) is 20.8. The van der Waals surface area contributed by atoms with Gasteiger partial charge in [-0.15, -0.1) is 0 Å². The molecule has 178 valence electrons. The molecule has 6 rings (SSSR count). The zero-order valence-electron chi connectivity index (χ0n) is 19.2. The smallest absolute Gasteiger partial charge is 0.261 e. The summed E-state index contributed by atoms with van der Waals surface area (Å²) in [6.45, 7) is 6.52. The van der Waals surface area contributed by atoms with Gasteiger partial charge in [0.15, 0.2) is 5.79 Å². The van der Waals surface area contributed by atoms with Crippen molar-refractivity contribution in [3.05, 3.63) is 69.7 Å². The number of hydrogen-bond donors (Lipinski definition) is 1. The number of carbonyl (C=O) groups is 2. The Morgan fingerprint density at radius 1 is 0.971 bits per heavy atom. The molecule has 0 spiro atoms. The van der Waals surface area contributed by atoms with Crippen LogP contribution >= 0.6 is 15.9 Å². The van der Waals surface area contributed by atoms with Gasteiger partial charge >= 0.3 is 0 Å². The van der Waals surface area contributed by atoms with Crippen LogP contribution in [0.1, 0.15) is 46.0 Å². The lowest BCUT2D eigenvalue weighted by molar-refractivity contribution is -0.150. The van der Waals surface area contributed by atoms with Gasteiger partial charge < -0.3 is 14.8 Å². The minimum absolute atomic E-state index is 0.00116. The Hall–Kier alpha value is -2.10. The Labute approximate surface area is 207 Å². The number of amides is 2. The Balaban J connectivity index is 1.31. The van der Waals surface area contributed by atoms with Crippen molar-refractivity contribution in [2.45, 2.75) is 49.8 Å². The van der Waals surface area contributed by atoms with Crippen molar-refractivity contribution in [3.63, 3.8) is 0 Å². The van der Waals surface area contributed by atoms with Crippen LogP contribution in [0.5, 0.6) is 0 Å². The van der Waals surface area contributed by atoms with Crippen LogP contribution in [-0.4, -0.2) is 77.9 Å². The van der Waals surface area contributed by atoms with Gasteiger partial charge in [0.05, 0.1) is 11.1 Å². The van der Waals surface area contributed by atoms with E-state index in [-0.39, 0.29) is 42.0 Å². The molecule has 0 radical (unpaired) electrons. The van der Waals surface area contributed by atoms with Crippen molar-refractivity contribution in [2.24, 2.45) is 0 Å². The maximum absolute atomic E-state index is 13.1. The normalized spacial score (nSPS) is 32.4. The van der Waals surface area contributed by atoms with Crippen molar-refractivity contribution in [1.29, 1.82) is 0 Å². The Morgan fingerprint density at radius 3 is 2.29 bits per heavy atom. The largest absolute Gasteiger partial charge is 0.343 e. The summed E-state index contributed by atoms with van der Waals surface area (Å²) < 4.78 is 13.4. The SMILES string of the molecule is CC1(C)O[C@H]2CN3[C@H](CN4C(=O)c5ccccc5C4=O)[C@H](c4ccc(Br)cc4)[C@@H]3CNC[C@H]2O1. The molecule has 0 aliphatic carbocycles. The van der Waals surface area contributed by atoms with E-state index in [1.807, 2.05) is 13.8 Å². The van der Waals surface area contributed by atoms with E-state index < -0.39 is 5.79 Å². The van der Waals surface area contributed by atoms with Crippen LogP contribution < -0.4 is 5.32 Å². The van der Waals surface area contributed by atoms with E-state index in [4.69, 9.17) is 9.47 Å². The van der Waals surface area contributed by atoms with Gasteiger partial charge in [-0.1, -0.05) is 40.2 Å². The molecule has 0 bridgehead atoms. The molecule has 2 aromatic carbocycles. The van der Waals surface area contributed by atoms with Crippen molar-refractivity contribution in [2.75, 3.05) is 26.2 Å².